The molecule has 0 aliphatic heterocycles. The summed E-state index contributed by atoms with van der Waals surface area (Å²) in [7, 11) is 0. The van der Waals surface area contributed by atoms with Crippen molar-refractivity contribution in [1.29, 1.82) is 0 Å². The van der Waals surface area contributed by atoms with E-state index in [0.717, 1.165) is 11.8 Å². The Balaban J connectivity index is 1.47. The summed E-state index contributed by atoms with van der Waals surface area (Å²) < 4.78 is 0. The number of hydrogen-bond donors (Lipinski definition) is 0. The second kappa shape index (κ2) is 7.27. The number of rotatable bonds is 4. The Hall–Kier alpha value is -2.08. The Morgan fingerprint density at radius 3 is 2.54 bits per heavy atom. The first kappa shape index (κ1) is 17.3. The first-order valence-corrected chi connectivity index (χ1v) is 10.2. The van der Waals surface area contributed by atoms with Gasteiger partial charge in [-0.25, -0.2) is 0 Å². The third-order valence-electron chi connectivity index (χ3n) is 6.58. The summed E-state index contributed by atoms with van der Waals surface area (Å²) in [6.07, 6.45) is 5.41. The van der Waals surface area contributed by atoms with E-state index in [0.29, 0.717) is 5.92 Å². The van der Waals surface area contributed by atoms with E-state index < -0.39 is 0 Å². The van der Waals surface area contributed by atoms with Crippen molar-refractivity contribution in [2.45, 2.75) is 58.3 Å². The van der Waals surface area contributed by atoms with Crippen molar-refractivity contribution in [3.63, 3.8) is 0 Å². The molecule has 0 unspecified atom stereocenters. The summed E-state index contributed by atoms with van der Waals surface area (Å²) in [4.78, 5) is 0. The molecule has 0 radical (unpaired) electrons. The molecule has 1 fully saturated rings. The van der Waals surface area contributed by atoms with E-state index in [2.05, 4.69) is 81.4 Å². The van der Waals surface area contributed by atoms with Gasteiger partial charge in [-0.15, -0.1) is 0 Å². The van der Waals surface area contributed by atoms with E-state index in [1.165, 1.54) is 53.1 Å². The predicted molar refractivity (Wildman–Crippen MR) is 113 cm³/mol. The number of aryl methyl sites for hydroxylation is 2. The van der Waals surface area contributed by atoms with Crippen LogP contribution in [0.3, 0.4) is 0 Å². The van der Waals surface area contributed by atoms with Gasteiger partial charge < -0.3 is 0 Å². The minimum Gasteiger partial charge on any atom is -0.0616 e. The Bertz CT molecular complexity index is 900. The summed E-state index contributed by atoms with van der Waals surface area (Å²) in [5.41, 5.74) is 5.94. The Morgan fingerprint density at radius 1 is 0.885 bits per heavy atom. The zero-order valence-corrected chi connectivity index (χ0v) is 16.3. The van der Waals surface area contributed by atoms with Crippen LogP contribution in [-0.2, 0) is 0 Å². The van der Waals surface area contributed by atoms with Crippen molar-refractivity contribution in [3.8, 4) is 0 Å². The minimum atomic E-state index is 0.629. The zero-order valence-electron chi connectivity index (χ0n) is 16.3. The molecule has 0 spiro atoms. The second-order valence-electron chi connectivity index (χ2n) is 8.42. The number of fused-ring (bicyclic) bond motifs is 1. The van der Waals surface area contributed by atoms with Crippen LogP contribution < -0.4 is 0 Å². The predicted octanol–water partition coefficient (Wildman–Crippen LogP) is 7.53. The molecular formula is C26H30. The van der Waals surface area contributed by atoms with Crippen molar-refractivity contribution in [2.24, 2.45) is 5.92 Å². The topological polar surface area (TPSA) is 0 Å². The highest BCUT2D eigenvalue weighted by atomic mass is 14.3. The molecule has 1 saturated carbocycles. The standard InChI is InChI=1S/C26H30/c1-18-11-13-23(16-19(18)2)24-14-12-21(17-24)15-20(3)25-10-6-8-22-7-4-5-9-26(22)25/h4-11,13,16,20-21,24H,12,14-15,17H2,1-3H3/t20-,21+,24+/m0/s1. The van der Waals surface area contributed by atoms with E-state index in [9.17, 15) is 0 Å². The van der Waals surface area contributed by atoms with Gasteiger partial charge in [-0.05, 0) is 90.3 Å². The van der Waals surface area contributed by atoms with Crippen LogP contribution >= 0.6 is 0 Å². The lowest BCUT2D eigenvalue weighted by molar-refractivity contribution is 0.456. The maximum absolute atomic E-state index is 2.43. The van der Waals surface area contributed by atoms with E-state index in [1.807, 2.05) is 0 Å². The molecule has 0 amide bonds. The highest BCUT2D eigenvalue weighted by Crippen LogP contribution is 2.43. The average molecular weight is 343 g/mol. The average Bonchev–Trinajstić information content (AvgIpc) is 3.12. The highest BCUT2D eigenvalue weighted by molar-refractivity contribution is 5.86. The summed E-state index contributed by atoms with van der Waals surface area (Å²) in [6, 6.07) is 22.7. The van der Waals surface area contributed by atoms with Gasteiger partial charge in [0.05, 0.1) is 0 Å². The molecule has 0 aromatic heterocycles. The zero-order chi connectivity index (χ0) is 18.1. The van der Waals surface area contributed by atoms with Crippen LogP contribution in [0.4, 0.5) is 0 Å². The van der Waals surface area contributed by atoms with Crippen molar-refractivity contribution in [1.82, 2.24) is 0 Å². The Kier molecular flexibility index (Phi) is 4.85. The molecule has 0 heterocycles. The van der Waals surface area contributed by atoms with Crippen molar-refractivity contribution in [3.05, 3.63) is 82.9 Å². The van der Waals surface area contributed by atoms with Crippen LogP contribution in [-0.4, -0.2) is 0 Å². The monoisotopic (exact) mass is 342 g/mol. The van der Waals surface area contributed by atoms with E-state index in [1.54, 1.807) is 5.56 Å². The molecule has 0 heteroatoms. The smallest absolute Gasteiger partial charge is 0.0149 e. The van der Waals surface area contributed by atoms with Crippen LogP contribution in [0.5, 0.6) is 0 Å². The number of benzene rings is 3. The first-order chi connectivity index (χ1) is 12.6. The van der Waals surface area contributed by atoms with Crippen molar-refractivity contribution >= 4 is 10.8 Å². The van der Waals surface area contributed by atoms with Crippen LogP contribution in [0.1, 0.15) is 66.7 Å². The van der Waals surface area contributed by atoms with E-state index >= 15 is 0 Å². The molecule has 4 rings (SSSR count). The Labute approximate surface area is 158 Å². The summed E-state index contributed by atoms with van der Waals surface area (Å²) in [5, 5.41) is 2.81. The largest absolute Gasteiger partial charge is 0.0616 e. The highest BCUT2D eigenvalue weighted by Gasteiger charge is 2.27. The lowest BCUT2D eigenvalue weighted by Gasteiger charge is -2.19. The maximum atomic E-state index is 2.43. The van der Waals surface area contributed by atoms with Gasteiger partial charge in [0.2, 0.25) is 0 Å². The van der Waals surface area contributed by atoms with Crippen LogP contribution in [0, 0.1) is 19.8 Å². The summed E-state index contributed by atoms with van der Waals surface area (Å²) in [6.45, 7) is 6.88. The van der Waals surface area contributed by atoms with Gasteiger partial charge in [0.25, 0.3) is 0 Å². The van der Waals surface area contributed by atoms with Crippen molar-refractivity contribution < 1.29 is 0 Å². The third kappa shape index (κ3) is 3.43. The van der Waals surface area contributed by atoms with Crippen molar-refractivity contribution in [2.75, 3.05) is 0 Å². The van der Waals surface area contributed by atoms with Gasteiger partial charge in [-0.1, -0.05) is 67.6 Å². The Morgan fingerprint density at radius 2 is 1.69 bits per heavy atom. The lowest BCUT2D eigenvalue weighted by Crippen LogP contribution is -2.03. The second-order valence-corrected chi connectivity index (χ2v) is 8.42. The molecule has 134 valence electrons. The molecule has 0 bridgehead atoms. The molecular weight excluding hydrogens is 312 g/mol. The van der Waals surface area contributed by atoms with E-state index in [-0.39, 0.29) is 0 Å². The molecule has 3 aromatic rings. The molecule has 1 aliphatic carbocycles. The molecule has 26 heavy (non-hydrogen) atoms. The third-order valence-corrected chi connectivity index (χ3v) is 6.58. The fourth-order valence-electron chi connectivity index (χ4n) is 4.92. The fourth-order valence-corrected chi connectivity index (χ4v) is 4.92. The van der Waals surface area contributed by atoms with Crippen LogP contribution in [0.25, 0.3) is 10.8 Å². The van der Waals surface area contributed by atoms with Gasteiger partial charge in [0.15, 0.2) is 0 Å². The van der Waals surface area contributed by atoms with E-state index in [4.69, 9.17) is 0 Å². The SMILES string of the molecule is Cc1ccc([C@@H]2CC[C@H](C[C@H](C)c3cccc4ccccc34)C2)cc1C. The normalized spacial score (nSPS) is 21.2. The molecule has 3 atom stereocenters. The van der Waals surface area contributed by atoms with Gasteiger partial charge >= 0.3 is 0 Å². The quantitative estimate of drug-likeness (QED) is 0.459. The van der Waals surface area contributed by atoms with Gasteiger partial charge in [0.1, 0.15) is 0 Å². The minimum absolute atomic E-state index is 0.629. The van der Waals surface area contributed by atoms with Crippen LogP contribution in [0.15, 0.2) is 60.7 Å². The van der Waals surface area contributed by atoms with Crippen LogP contribution in [0.2, 0.25) is 0 Å². The molecule has 0 saturated heterocycles. The molecule has 0 N–H and O–H groups in total. The molecule has 0 nitrogen and oxygen atoms in total. The lowest BCUT2D eigenvalue weighted by atomic mass is 9.86. The maximum Gasteiger partial charge on any atom is -0.0149 e. The first-order valence-electron chi connectivity index (χ1n) is 10.2. The fraction of sp³-hybridized carbons (Fsp3) is 0.385. The summed E-state index contributed by atoms with van der Waals surface area (Å²) >= 11 is 0. The molecule has 1 aliphatic rings. The number of hydrogen-bond acceptors (Lipinski definition) is 0. The van der Waals surface area contributed by atoms with Gasteiger partial charge in [-0.3, -0.25) is 0 Å². The summed E-state index contributed by atoms with van der Waals surface area (Å²) in [5.74, 6) is 2.25. The van der Waals surface area contributed by atoms with Gasteiger partial charge in [-0.2, -0.15) is 0 Å². The molecule has 3 aromatic carbocycles. The van der Waals surface area contributed by atoms with Gasteiger partial charge in [0, 0.05) is 0 Å².